The average Bonchev–Trinajstić information content (AvgIpc) is 3.25. The highest BCUT2D eigenvalue weighted by molar-refractivity contribution is 5.99. The molecule has 4 aromatic rings. The van der Waals surface area contributed by atoms with E-state index < -0.39 is 0 Å². The number of aromatic nitrogens is 4. The van der Waals surface area contributed by atoms with E-state index in [1.165, 1.54) is 6.33 Å². The number of rotatable bonds is 5. The highest BCUT2D eigenvalue weighted by atomic mass is 16.5. The number of hydrogen-bond donors (Lipinski definition) is 2. The predicted octanol–water partition coefficient (Wildman–Crippen LogP) is 4.10. The molecule has 138 valence electrons. The van der Waals surface area contributed by atoms with E-state index >= 15 is 0 Å². The van der Waals surface area contributed by atoms with Crippen LogP contribution in [0.4, 0.5) is 16.2 Å². The van der Waals surface area contributed by atoms with E-state index in [9.17, 15) is 4.79 Å². The number of ether oxygens (including phenoxy) is 1. The number of benzene rings is 2. The molecule has 8 nitrogen and oxygen atoms in total. The van der Waals surface area contributed by atoms with Gasteiger partial charge in [-0.25, -0.2) is 19.7 Å². The number of carbonyl (C=O) groups excluding carboxylic acids is 1. The summed E-state index contributed by atoms with van der Waals surface area (Å²) in [4.78, 5) is 24.3. The lowest BCUT2D eigenvalue weighted by Gasteiger charge is -2.09. The molecule has 2 heterocycles. The third-order valence-electron chi connectivity index (χ3n) is 3.76. The summed E-state index contributed by atoms with van der Waals surface area (Å²) in [5, 5.41) is 5.53. The lowest BCUT2D eigenvalue weighted by Crippen LogP contribution is -2.19. The molecule has 0 fully saturated rings. The molecule has 0 atom stereocenters. The van der Waals surface area contributed by atoms with Crippen molar-refractivity contribution in [2.75, 3.05) is 10.6 Å². The molecule has 2 amide bonds. The minimum absolute atomic E-state index is 0.319. The molecule has 0 aliphatic heterocycles. The highest BCUT2D eigenvalue weighted by Gasteiger charge is 2.05. The van der Waals surface area contributed by atoms with Gasteiger partial charge in [-0.3, -0.25) is 4.57 Å². The van der Waals surface area contributed by atoms with Crippen LogP contribution in [0.5, 0.6) is 11.6 Å². The van der Waals surface area contributed by atoms with Crippen molar-refractivity contribution >= 4 is 17.4 Å². The Morgan fingerprint density at radius 2 is 1.68 bits per heavy atom. The van der Waals surface area contributed by atoms with Crippen molar-refractivity contribution in [3.8, 4) is 17.4 Å². The number of anilines is 2. The Labute approximate surface area is 160 Å². The molecule has 0 aliphatic carbocycles. The molecule has 0 unspecified atom stereocenters. The number of imidazole rings is 1. The van der Waals surface area contributed by atoms with Crippen molar-refractivity contribution in [3.63, 3.8) is 0 Å². The lowest BCUT2D eigenvalue weighted by molar-refractivity contribution is 0.262. The van der Waals surface area contributed by atoms with Crippen LogP contribution in [-0.4, -0.2) is 25.6 Å². The van der Waals surface area contributed by atoms with Crippen molar-refractivity contribution in [1.29, 1.82) is 0 Å². The Bertz CT molecular complexity index is 1050. The first-order valence-electron chi connectivity index (χ1n) is 8.48. The smallest absolute Gasteiger partial charge is 0.323 e. The monoisotopic (exact) mass is 372 g/mol. The largest absolute Gasteiger partial charge is 0.439 e. The van der Waals surface area contributed by atoms with Crippen LogP contribution in [0.2, 0.25) is 0 Å². The summed E-state index contributed by atoms with van der Waals surface area (Å²) in [6, 6.07) is 17.6. The van der Waals surface area contributed by atoms with E-state index in [0.29, 0.717) is 23.1 Å². The summed E-state index contributed by atoms with van der Waals surface area (Å²) in [5.41, 5.74) is 1.36. The Morgan fingerprint density at radius 1 is 0.929 bits per heavy atom. The van der Waals surface area contributed by atoms with E-state index in [-0.39, 0.29) is 6.03 Å². The number of para-hydroxylation sites is 1. The Kier molecular flexibility index (Phi) is 4.92. The van der Waals surface area contributed by atoms with Crippen LogP contribution in [-0.2, 0) is 0 Å². The molecular weight excluding hydrogens is 356 g/mol. The maximum atomic E-state index is 12.0. The number of amides is 2. The fourth-order valence-corrected chi connectivity index (χ4v) is 2.46. The van der Waals surface area contributed by atoms with Gasteiger partial charge in [0.1, 0.15) is 24.2 Å². The van der Waals surface area contributed by atoms with Gasteiger partial charge in [-0.1, -0.05) is 18.2 Å². The fourth-order valence-electron chi connectivity index (χ4n) is 2.46. The van der Waals surface area contributed by atoms with Gasteiger partial charge >= 0.3 is 6.03 Å². The predicted molar refractivity (Wildman–Crippen MR) is 105 cm³/mol. The van der Waals surface area contributed by atoms with E-state index in [0.717, 1.165) is 5.69 Å². The molecule has 2 aromatic heterocycles. The number of nitrogens with zero attached hydrogens (tertiary/aromatic N) is 4. The Hall–Kier alpha value is -4.20. The number of nitrogens with one attached hydrogen (secondary N) is 2. The molecule has 0 aliphatic rings. The van der Waals surface area contributed by atoms with E-state index in [1.54, 1.807) is 53.6 Å². The van der Waals surface area contributed by atoms with Gasteiger partial charge in [-0.05, 0) is 36.4 Å². The van der Waals surface area contributed by atoms with Crippen LogP contribution in [0.25, 0.3) is 5.82 Å². The molecule has 0 radical (unpaired) electrons. The summed E-state index contributed by atoms with van der Waals surface area (Å²) >= 11 is 0. The zero-order valence-corrected chi connectivity index (χ0v) is 14.7. The summed E-state index contributed by atoms with van der Waals surface area (Å²) in [6.45, 7) is 0. The molecule has 8 heteroatoms. The molecule has 0 bridgehead atoms. The highest BCUT2D eigenvalue weighted by Crippen LogP contribution is 2.22. The van der Waals surface area contributed by atoms with Crippen LogP contribution < -0.4 is 15.4 Å². The van der Waals surface area contributed by atoms with Gasteiger partial charge in [0.2, 0.25) is 5.88 Å². The maximum absolute atomic E-state index is 12.0. The topological polar surface area (TPSA) is 94.0 Å². The fraction of sp³-hybridized carbons (Fsp3) is 0. The summed E-state index contributed by atoms with van der Waals surface area (Å²) in [6.07, 6.45) is 6.52. The summed E-state index contributed by atoms with van der Waals surface area (Å²) < 4.78 is 7.52. The van der Waals surface area contributed by atoms with Crippen molar-refractivity contribution in [3.05, 3.63) is 85.7 Å². The second kappa shape index (κ2) is 8.00. The normalized spacial score (nSPS) is 10.3. The molecule has 4 rings (SSSR count). The van der Waals surface area contributed by atoms with E-state index in [4.69, 9.17) is 4.74 Å². The van der Waals surface area contributed by atoms with Gasteiger partial charge in [0, 0.05) is 29.8 Å². The Morgan fingerprint density at radius 3 is 2.39 bits per heavy atom. The Balaban J connectivity index is 1.38. The average molecular weight is 372 g/mol. The first kappa shape index (κ1) is 17.2. The lowest BCUT2D eigenvalue weighted by atomic mass is 10.3. The summed E-state index contributed by atoms with van der Waals surface area (Å²) in [7, 11) is 0. The van der Waals surface area contributed by atoms with Gasteiger partial charge in [-0.15, -0.1) is 0 Å². The van der Waals surface area contributed by atoms with Gasteiger partial charge in [0.15, 0.2) is 0 Å². The van der Waals surface area contributed by atoms with Crippen LogP contribution in [0, 0.1) is 0 Å². The molecule has 0 saturated heterocycles. The van der Waals surface area contributed by atoms with Crippen LogP contribution >= 0.6 is 0 Å². The van der Waals surface area contributed by atoms with Crippen LogP contribution in [0.1, 0.15) is 0 Å². The van der Waals surface area contributed by atoms with E-state index in [1.807, 2.05) is 30.3 Å². The second-order valence-corrected chi connectivity index (χ2v) is 5.76. The molecule has 2 N–H and O–H groups in total. The number of hydrogen-bond acceptors (Lipinski definition) is 5. The molecule has 2 aromatic carbocycles. The molecule has 0 saturated carbocycles. The maximum Gasteiger partial charge on any atom is 0.323 e. The van der Waals surface area contributed by atoms with Crippen LogP contribution in [0.15, 0.2) is 85.7 Å². The first-order valence-corrected chi connectivity index (χ1v) is 8.48. The molecular formula is C20H16N6O2. The minimum atomic E-state index is -0.319. The third kappa shape index (κ3) is 4.31. The molecule has 28 heavy (non-hydrogen) atoms. The van der Waals surface area contributed by atoms with Crippen molar-refractivity contribution < 1.29 is 9.53 Å². The summed E-state index contributed by atoms with van der Waals surface area (Å²) in [5.74, 6) is 1.64. The molecule has 0 spiro atoms. The zero-order chi connectivity index (χ0) is 19.2. The van der Waals surface area contributed by atoms with E-state index in [2.05, 4.69) is 25.6 Å². The quantitative estimate of drug-likeness (QED) is 0.550. The first-order chi connectivity index (χ1) is 13.8. The van der Waals surface area contributed by atoms with Crippen molar-refractivity contribution in [2.24, 2.45) is 0 Å². The SMILES string of the molecule is O=C(Nc1ccccc1)Nc1ccc(Oc2cc(-n3ccnc3)ncn2)cc1. The van der Waals surface area contributed by atoms with Gasteiger partial charge < -0.3 is 15.4 Å². The number of carbonyl (C=O) groups is 1. The van der Waals surface area contributed by atoms with Crippen molar-refractivity contribution in [1.82, 2.24) is 19.5 Å². The van der Waals surface area contributed by atoms with Gasteiger partial charge in [0.05, 0.1) is 0 Å². The van der Waals surface area contributed by atoms with Gasteiger partial charge in [-0.2, -0.15) is 0 Å². The second-order valence-electron chi connectivity index (χ2n) is 5.76. The minimum Gasteiger partial charge on any atom is -0.439 e. The zero-order valence-electron chi connectivity index (χ0n) is 14.7. The number of urea groups is 1. The third-order valence-corrected chi connectivity index (χ3v) is 3.76. The van der Waals surface area contributed by atoms with Gasteiger partial charge in [0.25, 0.3) is 0 Å². The standard InChI is InChI=1S/C20H16N6O2/c27-20(24-15-4-2-1-3-5-15)25-16-6-8-17(9-7-16)28-19-12-18(22-13-23-19)26-11-10-21-14-26/h1-14H,(H2,24,25,27). The van der Waals surface area contributed by atoms with Crippen molar-refractivity contribution in [2.45, 2.75) is 0 Å². The van der Waals surface area contributed by atoms with Crippen LogP contribution in [0.3, 0.4) is 0 Å².